The van der Waals surface area contributed by atoms with Gasteiger partial charge in [-0.05, 0) is 26.2 Å². The second kappa shape index (κ2) is 6.36. The highest BCUT2D eigenvalue weighted by Crippen LogP contribution is 2.18. The topological polar surface area (TPSA) is 72.9 Å². The number of fused-ring (bicyclic) bond motifs is 1. The van der Waals surface area contributed by atoms with Crippen molar-refractivity contribution in [1.29, 1.82) is 0 Å². The fourth-order valence-electron chi connectivity index (χ4n) is 2.57. The predicted molar refractivity (Wildman–Crippen MR) is 89.7 cm³/mol. The van der Waals surface area contributed by atoms with Crippen LogP contribution in [0, 0.1) is 13.8 Å². The summed E-state index contributed by atoms with van der Waals surface area (Å²) >= 11 is 0. The molecule has 3 aromatic rings. The molecule has 0 radical (unpaired) electrons. The molecule has 3 heterocycles. The van der Waals surface area contributed by atoms with E-state index >= 15 is 0 Å². The maximum Gasteiger partial charge on any atom is 0.157 e. The number of hydrogen-bond donors (Lipinski definition) is 1. The van der Waals surface area contributed by atoms with Crippen molar-refractivity contribution in [3.8, 4) is 0 Å². The van der Waals surface area contributed by atoms with Crippen LogP contribution in [0.4, 0.5) is 5.82 Å². The molecule has 0 amide bonds. The first-order valence-corrected chi connectivity index (χ1v) is 8.01. The fraction of sp³-hybridized carbons (Fsp3) is 0.500. The van der Waals surface area contributed by atoms with Gasteiger partial charge < -0.3 is 5.32 Å². The molecule has 0 saturated carbocycles. The number of aryl methyl sites for hydroxylation is 3. The van der Waals surface area contributed by atoms with Gasteiger partial charge in [0.1, 0.15) is 17.5 Å². The van der Waals surface area contributed by atoms with Gasteiger partial charge in [0.25, 0.3) is 0 Å². The highest BCUT2D eigenvalue weighted by Gasteiger charge is 2.09. The highest BCUT2D eigenvalue weighted by molar-refractivity contribution is 5.49. The van der Waals surface area contributed by atoms with Gasteiger partial charge in [0.15, 0.2) is 5.65 Å². The molecule has 0 aliphatic rings. The summed E-state index contributed by atoms with van der Waals surface area (Å²) in [5.41, 5.74) is 1.95. The third-order valence-electron chi connectivity index (χ3n) is 3.79. The first-order chi connectivity index (χ1) is 11.0. The van der Waals surface area contributed by atoms with E-state index in [9.17, 15) is 0 Å². The number of nitrogens with zero attached hydrogens (tertiary/aromatic N) is 6. The van der Waals surface area contributed by atoms with E-state index in [1.165, 1.54) is 0 Å². The summed E-state index contributed by atoms with van der Waals surface area (Å²) in [6, 6.07) is 4.01. The largest absolute Gasteiger partial charge is 0.370 e. The summed E-state index contributed by atoms with van der Waals surface area (Å²) in [5, 5.41) is 12.2. The van der Waals surface area contributed by atoms with Gasteiger partial charge in [0.05, 0.1) is 6.20 Å². The van der Waals surface area contributed by atoms with Crippen LogP contribution in [0.15, 0.2) is 18.3 Å². The molecule has 122 valence electrons. The number of hydrogen-bond acceptors (Lipinski definition) is 5. The molecule has 23 heavy (non-hydrogen) atoms. The molecular weight excluding hydrogens is 290 g/mol. The lowest BCUT2D eigenvalue weighted by atomic mass is 10.1. The van der Waals surface area contributed by atoms with E-state index in [2.05, 4.69) is 45.4 Å². The van der Waals surface area contributed by atoms with E-state index in [1.54, 1.807) is 6.20 Å². The third kappa shape index (κ3) is 3.33. The van der Waals surface area contributed by atoms with E-state index in [0.717, 1.165) is 48.3 Å². The molecule has 0 fully saturated rings. The Labute approximate surface area is 135 Å². The molecule has 0 aromatic carbocycles. The maximum atomic E-state index is 4.62. The second-order valence-corrected chi connectivity index (χ2v) is 6.03. The second-order valence-electron chi connectivity index (χ2n) is 6.03. The minimum absolute atomic E-state index is 0.385. The zero-order chi connectivity index (χ0) is 16.4. The van der Waals surface area contributed by atoms with E-state index in [0.29, 0.717) is 5.92 Å². The van der Waals surface area contributed by atoms with Crippen molar-refractivity contribution < 1.29 is 0 Å². The summed E-state index contributed by atoms with van der Waals surface area (Å²) in [5.74, 6) is 3.15. The van der Waals surface area contributed by atoms with E-state index in [1.807, 2.05) is 29.1 Å². The van der Waals surface area contributed by atoms with Gasteiger partial charge in [0, 0.05) is 30.9 Å². The number of aromatic nitrogens is 6. The van der Waals surface area contributed by atoms with Crippen LogP contribution in [0.1, 0.15) is 43.5 Å². The average Bonchev–Trinajstić information content (AvgIpc) is 3.09. The maximum absolute atomic E-state index is 4.62. The quantitative estimate of drug-likeness (QED) is 0.708. The van der Waals surface area contributed by atoms with Crippen LogP contribution in [0.5, 0.6) is 0 Å². The average molecular weight is 313 g/mol. The molecule has 0 atom stereocenters. The Morgan fingerprint density at radius 2 is 2.04 bits per heavy atom. The molecule has 0 unspecified atom stereocenters. The van der Waals surface area contributed by atoms with Crippen molar-refractivity contribution in [1.82, 2.24) is 29.4 Å². The summed E-state index contributed by atoms with van der Waals surface area (Å²) in [6.45, 7) is 9.89. The molecular formula is C16H23N7. The van der Waals surface area contributed by atoms with Gasteiger partial charge >= 0.3 is 0 Å². The SMILES string of the molecule is Cc1nc(C)n(CCCNc2cc(C(C)C)nc3ccnn23)n1. The first-order valence-electron chi connectivity index (χ1n) is 8.01. The Kier molecular flexibility index (Phi) is 4.27. The molecule has 1 N–H and O–H groups in total. The van der Waals surface area contributed by atoms with Crippen molar-refractivity contribution >= 4 is 11.5 Å². The van der Waals surface area contributed by atoms with Crippen molar-refractivity contribution in [2.24, 2.45) is 0 Å². The highest BCUT2D eigenvalue weighted by atomic mass is 15.3. The Morgan fingerprint density at radius 1 is 1.22 bits per heavy atom. The monoisotopic (exact) mass is 313 g/mol. The number of anilines is 1. The smallest absolute Gasteiger partial charge is 0.157 e. The molecule has 7 heteroatoms. The lowest BCUT2D eigenvalue weighted by molar-refractivity contribution is 0.571. The molecule has 0 bridgehead atoms. The van der Waals surface area contributed by atoms with Crippen molar-refractivity contribution in [2.75, 3.05) is 11.9 Å². The van der Waals surface area contributed by atoms with Crippen molar-refractivity contribution in [3.05, 3.63) is 35.7 Å². The normalized spacial score (nSPS) is 11.5. The Balaban J connectivity index is 1.67. The lowest BCUT2D eigenvalue weighted by Gasteiger charge is -2.12. The molecule has 0 aliphatic heterocycles. The third-order valence-corrected chi connectivity index (χ3v) is 3.79. The van der Waals surface area contributed by atoms with Crippen LogP contribution < -0.4 is 5.32 Å². The van der Waals surface area contributed by atoms with Crippen LogP contribution in [-0.4, -0.2) is 35.9 Å². The minimum atomic E-state index is 0.385. The van der Waals surface area contributed by atoms with Crippen LogP contribution in [0.3, 0.4) is 0 Å². The van der Waals surface area contributed by atoms with Gasteiger partial charge in [-0.3, -0.25) is 4.68 Å². The van der Waals surface area contributed by atoms with Crippen molar-refractivity contribution in [3.63, 3.8) is 0 Å². The van der Waals surface area contributed by atoms with Gasteiger partial charge in [-0.2, -0.15) is 14.7 Å². The zero-order valence-electron chi connectivity index (χ0n) is 14.1. The van der Waals surface area contributed by atoms with E-state index < -0.39 is 0 Å². The summed E-state index contributed by atoms with van der Waals surface area (Å²) in [4.78, 5) is 8.95. The number of rotatable bonds is 6. The summed E-state index contributed by atoms with van der Waals surface area (Å²) < 4.78 is 3.79. The van der Waals surface area contributed by atoms with Crippen molar-refractivity contribution in [2.45, 2.75) is 46.6 Å². The molecule has 0 spiro atoms. The number of nitrogens with one attached hydrogen (secondary N) is 1. The van der Waals surface area contributed by atoms with Gasteiger partial charge in [0.2, 0.25) is 0 Å². The van der Waals surface area contributed by atoms with E-state index in [-0.39, 0.29) is 0 Å². The lowest BCUT2D eigenvalue weighted by Crippen LogP contribution is -2.12. The van der Waals surface area contributed by atoms with E-state index in [4.69, 9.17) is 0 Å². The summed E-state index contributed by atoms with van der Waals surface area (Å²) in [6.07, 6.45) is 2.74. The molecule has 3 aromatic heterocycles. The minimum Gasteiger partial charge on any atom is -0.370 e. The summed E-state index contributed by atoms with van der Waals surface area (Å²) in [7, 11) is 0. The van der Waals surface area contributed by atoms with Crippen LogP contribution in [0.2, 0.25) is 0 Å². The standard InChI is InChI=1S/C16H23N7/c1-11(2)14-10-16(23-15(20-14)6-8-18-23)17-7-5-9-22-13(4)19-12(3)21-22/h6,8,10-11,17H,5,7,9H2,1-4H3. The zero-order valence-corrected chi connectivity index (χ0v) is 14.1. The fourth-order valence-corrected chi connectivity index (χ4v) is 2.57. The van der Waals surface area contributed by atoms with Crippen LogP contribution in [0.25, 0.3) is 5.65 Å². The molecule has 0 aliphatic carbocycles. The Bertz CT molecular complexity index is 800. The van der Waals surface area contributed by atoms with Crippen LogP contribution >= 0.6 is 0 Å². The Morgan fingerprint density at radius 3 is 2.74 bits per heavy atom. The molecule has 7 nitrogen and oxygen atoms in total. The Hall–Kier alpha value is -2.44. The van der Waals surface area contributed by atoms with Gasteiger partial charge in [-0.15, -0.1) is 0 Å². The molecule has 0 saturated heterocycles. The predicted octanol–water partition coefficient (Wildman–Crippen LogP) is 2.56. The molecule has 3 rings (SSSR count). The van der Waals surface area contributed by atoms with Gasteiger partial charge in [-0.25, -0.2) is 9.97 Å². The van der Waals surface area contributed by atoms with Gasteiger partial charge in [-0.1, -0.05) is 13.8 Å². The van der Waals surface area contributed by atoms with Crippen LogP contribution in [-0.2, 0) is 6.54 Å². The first kappa shape index (κ1) is 15.5.